The molecule has 0 spiro atoms. The Morgan fingerprint density at radius 3 is 2.44 bits per heavy atom. The van der Waals surface area contributed by atoms with E-state index in [9.17, 15) is 0 Å². The quantitative estimate of drug-likeness (QED) is 0.919. The Morgan fingerprint density at radius 1 is 1.22 bits per heavy atom. The van der Waals surface area contributed by atoms with Gasteiger partial charge in [-0.15, -0.1) is 10.2 Å². The molecule has 1 heterocycles. The fourth-order valence-corrected chi connectivity index (χ4v) is 2.76. The van der Waals surface area contributed by atoms with Crippen molar-refractivity contribution < 1.29 is 4.74 Å². The average Bonchev–Trinajstić information content (AvgIpc) is 2.78. The third-order valence-corrected chi connectivity index (χ3v) is 3.59. The van der Waals surface area contributed by atoms with Crippen LogP contribution in [0.25, 0.3) is 10.6 Å². The maximum absolute atomic E-state index is 5.37. The van der Waals surface area contributed by atoms with Gasteiger partial charge in [-0.3, -0.25) is 0 Å². The van der Waals surface area contributed by atoms with Gasteiger partial charge in [0.15, 0.2) is 0 Å². The predicted molar refractivity (Wildman–Crippen MR) is 75.5 cm³/mol. The number of rotatable bonds is 4. The molecule has 0 amide bonds. The zero-order valence-electron chi connectivity index (χ0n) is 11.1. The maximum atomic E-state index is 5.37. The smallest absolute Gasteiger partial charge is 0.205 e. The Labute approximate surface area is 111 Å². The van der Waals surface area contributed by atoms with Gasteiger partial charge in [0.05, 0.1) is 7.11 Å². The summed E-state index contributed by atoms with van der Waals surface area (Å²) in [6.45, 7) is 6.99. The maximum Gasteiger partial charge on any atom is 0.205 e. The van der Waals surface area contributed by atoms with Crippen molar-refractivity contribution in [3.63, 3.8) is 0 Å². The lowest BCUT2D eigenvalue weighted by atomic mass is 10.1. The van der Waals surface area contributed by atoms with Gasteiger partial charge in [0.2, 0.25) is 5.13 Å². The van der Waals surface area contributed by atoms with Crippen molar-refractivity contribution >= 4 is 16.5 Å². The van der Waals surface area contributed by atoms with E-state index in [1.807, 2.05) is 20.8 Å². The fraction of sp³-hybridized carbons (Fsp3) is 0.385. The third kappa shape index (κ3) is 2.46. The van der Waals surface area contributed by atoms with Crippen LogP contribution in [0.1, 0.15) is 18.1 Å². The van der Waals surface area contributed by atoms with Crippen LogP contribution in [-0.2, 0) is 0 Å². The molecular weight excluding hydrogens is 246 g/mol. The Morgan fingerprint density at radius 2 is 1.89 bits per heavy atom. The summed E-state index contributed by atoms with van der Waals surface area (Å²) in [6.07, 6.45) is 0. The highest BCUT2D eigenvalue weighted by Gasteiger charge is 2.10. The van der Waals surface area contributed by atoms with Crippen molar-refractivity contribution in [2.24, 2.45) is 0 Å². The number of ether oxygens (including phenoxy) is 1. The molecule has 0 atom stereocenters. The van der Waals surface area contributed by atoms with Crippen molar-refractivity contribution in [3.8, 4) is 16.3 Å². The monoisotopic (exact) mass is 263 g/mol. The summed E-state index contributed by atoms with van der Waals surface area (Å²) in [5, 5.41) is 13.3. The predicted octanol–water partition coefficient (Wildman–Crippen LogP) is 3.26. The summed E-state index contributed by atoms with van der Waals surface area (Å²) in [7, 11) is 1.70. The number of anilines is 1. The van der Waals surface area contributed by atoms with Crippen LogP contribution in [0.4, 0.5) is 5.13 Å². The van der Waals surface area contributed by atoms with E-state index in [0.717, 1.165) is 39.1 Å². The molecule has 0 unspecified atom stereocenters. The van der Waals surface area contributed by atoms with Crippen LogP contribution in [0, 0.1) is 13.8 Å². The molecule has 96 valence electrons. The number of benzene rings is 1. The molecule has 1 N–H and O–H groups in total. The zero-order chi connectivity index (χ0) is 13.1. The van der Waals surface area contributed by atoms with E-state index in [4.69, 9.17) is 4.74 Å². The van der Waals surface area contributed by atoms with Crippen LogP contribution < -0.4 is 10.1 Å². The van der Waals surface area contributed by atoms with Gasteiger partial charge < -0.3 is 10.1 Å². The molecule has 1 aromatic carbocycles. The van der Waals surface area contributed by atoms with Crippen LogP contribution in [0.5, 0.6) is 5.75 Å². The fourth-order valence-electron chi connectivity index (χ4n) is 1.96. The molecule has 2 aromatic rings. The molecule has 4 nitrogen and oxygen atoms in total. The summed E-state index contributed by atoms with van der Waals surface area (Å²) in [5.41, 5.74) is 3.33. The van der Waals surface area contributed by atoms with Gasteiger partial charge in [0.1, 0.15) is 10.8 Å². The van der Waals surface area contributed by atoms with Gasteiger partial charge in [0.25, 0.3) is 0 Å². The minimum Gasteiger partial charge on any atom is -0.496 e. The first-order valence-electron chi connectivity index (χ1n) is 5.88. The Kier molecular flexibility index (Phi) is 3.81. The molecule has 5 heteroatoms. The second-order valence-corrected chi connectivity index (χ2v) is 5.06. The number of nitrogens with one attached hydrogen (secondary N) is 1. The van der Waals surface area contributed by atoms with Gasteiger partial charge in [-0.1, -0.05) is 11.3 Å². The normalized spacial score (nSPS) is 10.4. The summed E-state index contributed by atoms with van der Waals surface area (Å²) in [6, 6.07) is 4.17. The summed E-state index contributed by atoms with van der Waals surface area (Å²) in [4.78, 5) is 0. The molecule has 0 saturated carbocycles. The Hall–Kier alpha value is -1.62. The highest BCUT2D eigenvalue weighted by atomic mass is 32.1. The number of hydrogen-bond donors (Lipinski definition) is 1. The van der Waals surface area contributed by atoms with Crippen molar-refractivity contribution in [2.45, 2.75) is 20.8 Å². The SMILES string of the molecule is CCNc1nnc(-c2cc(C)c(OC)c(C)c2)s1. The lowest BCUT2D eigenvalue weighted by Crippen LogP contribution is -1.94. The van der Waals surface area contributed by atoms with E-state index < -0.39 is 0 Å². The molecule has 0 aliphatic heterocycles. The first-order valence-corrected chi connectivity index (χ1v) is 6.70. The molecule has 0 saturated heterocycles. The molecule has 1 aromatic heterocycles. The zero-order valence-corrected chi connectivity index (χ0v) is 11.9. The first-order chi connectivity index (χ1) is 8.65. The topological polar surface area (TPSA) is 47.0 Å². The van der Waals surface area contributed by atoms with E-state index in [1.54, 1.807) is 18.4 Å². The van der Waals surface area contributed by atoms with Gasteiger partial charge >= 0.3 is 0 Å². The number of nitrogens with zero attached hydrogens (tertiary/aromatic N) is 2. The minimum absolute atomic E-state index is 0.856. The highest BCUT2D eigenvalue weighted by Crippen LogP contribution is 2.32. The van der Waals surface area contributed by atoms with Crippen LogP contribution in [0.15, 0.2) is 12.1 Å². The van der Waals surface area contributed by atoms with Crippen molar-refractivity contribution in [3.05, 3.63) is 23.3 Å². The van der Waals surface area contributed by atoms with E-state index in [0.29, 0.717) is 0 Å². The Balaban J connectivity index is 2.38. The highest BCUT2D eigenvalue weighted by molar-refractivity contribution is 7.18. The lowest BCUT2D eigenvalue weighted by Gasteiger charge is -2.09. The molecular formula is C13H17N3OS. The summed E-state index contributed by atoms with van der Waals surface area (Å²) < 4.78 is 5.37. The van der Waals surface area contributed by atoms with Crippen molar-refractivity contribution in [1.82, 2.24) is 10.2 Å². The van der Waals surface area contributed by atoms with Crippen LogP contribution in [-0.4, -0.2) is 23.9 Å². The molecule has 0 bridgehead atoms. The molecule has 2 rings (SSSR count). The average molecular weight is 263 g/mol. The Bertz CT molecular complexity index is 528. The molecule has 0 aliphatic carbocycles. The number of methoxy groups -OCH3 is 1. The first kappa shape index (κ1) is 12.8. The van der Waals surface area contributed by atoms with Gasteiger partial charge in [-0.25, -0.2) is 0 Å². The number of aryl methyl sites for hydroxylation is 2. The summed E-state index contributed by atoms with van der Waals surface area (Å²) in [5.74, 6) is 0.940. The van der Waals surface area contributed by atoms with Gasteiger partial charge in [-0.2, -0.15) is 0 Å². The lowest BCUT2D eigenvalue weighted by molar-refractivity contribution is 0.408. The minimum atomic E-state index is 0.856. The molecule has 0 radical (unpaired) electrons. The molecule has 0 fully saturated rings. The summed E-state index contributed by atoms with van der Waals surface area (Å²) >= 11 is 1.57. The standard InChI is InChI=1S/C13H17N3OS/c1-5-14-13-16-15-12(18-13)10-6-8(2)11(17-4)9(3)7-10/h6-7H,5H2,1-4H3,(H,14,16). The largest absolute Gasteiger partial charge is 0.496 e. The van der Waals surface area contributed by atoms with E-state index in [-0.39, 0.29) is 0 Å². The van der Waals surface area contributed by atoms with Crippen molar-refractivity contribution in [1.29, 1.82) is 0 Å². The second kappa shape index (κ2) is 5.35. The van der Waals surface area contributed by atoms with Gasteiger partial charge in [-0.05, 0) is 44.0 Å². The van der Waals surface area contributed by atoms with Crippen LogP contribution in [0.2, 0.25) is 0 Å². The number of aromatic nitrogens is 2. The third-order valence-electron chi connectivity index (χ3n) is 2.66. The van der Waals surface area contributed by atoms with E-state index in [1.165, 1.54) is 0 Å². The van der Waals surface area contributed by atoms with E-state index in [2.05, 4.69) is 27.6 Å². The molecule has 0 aliphatic rings. The number of hydrogen-bond acceptors (Lipinski definition) is 5. The van der Waals surface area contributed by atoms with E-state index >= 15 is 0 Å². The van der Waals surface area contributed by atoms with Gasteiger partial charge in [0, 0.05) is 12.1 Å². The molecule has 18 heavy (non-hydrogen) atoms. The van der Waals surface area contributed by atoms with Crippen LogP contribution >= 0.6 is 11.3 Å². The van der Waals surface area contributed by atoms with Crippen molar-refractivity contribution in [2.75, 3.05) is 19.0 Å². The van der Waals surface area contributed by atoms with Crippen LogP contribution in [0.3, 0.4) is 0 Å². The second-order valence-electron chi connectivity index (χ2n) is 4.09.